The molecule has 0 unspecified atom stereocenters. The van der Waals surface area contributed by atoms with E-state index in [1.807, 2.05) is 72.8 Å². The number of halogens is 2. The summed E-state index contributed by atoms with van der Waals surface area (Å²) in [6.07, 6.45) is 11.2. The molecule has 0 saturated carbocycles. The lowest BCUT2D eigenvalue weighted by Crippen LogP contribution is -2.25. The van der Waals surface area contributed by atoms with Crippen molar-refractivity contribution in [2.24, 2.45) is 0 Å². The van der Waals surface area contributed by atoms with Crippen LogP contribution in [0.2, 0.25) is 0 Å². The highest BCUT2D eigenvalue weighted by Gasteiger charge is 2.42. The molecule has 6 heteroatoms. The molecule has 0 saturated heterocycles. The number of hydrogen-bond acceptors (Lipinski definition) is 4. The maximum Gasteiger partial charge on any atom is 0.119 e. The number of unbranched alkanes of at least 4 members (excludes halogenated alkanes) is 6. The third kappa shape index (κ3) is 9.88. The van der Waals surface area contributed by atoms with Gasteiger partial charge in [0.2, 0.25) is 0 Å². The fraction of sp³-hybridized carbons (Fsp3) is 0.255. The number of fused-ring (bicyclic) bond motifs is 3. The molecule has 0 aliphatic heterocycles. The molecule has 0 amide bonds. The molecule has 0 heterocycles. The van der Waals surface area contributed by atoms with E-state index in [2.05, 4.69) is 105 Å². The van der Waals surface area contributed by atoms with Crippen molar-refractivity contribution in [3.05, 3.63) is 165 Å². The summed E-state index contributed by atoms with van der Waals surface area (Å²) < 4.78 is 14.5. The zero-order valence-corrected chi connectivity index (χ0v) is 35.3. The van der Waals surface area contributed by atoms with Gasteiger partial charge in [-0.25, -0.2) is 0 Å². The second kappa shape index (κ2) is 19.3. The molecule has 4 nitrogen and oxygen atoms in total. The topological polar surface area (TPSA) is 66.0 Å². The van der Waals surface area contributed by atoms with E-state index in [4.69, 9.17) is 20.0 Å². The average Bonchev–Trinajstić information content (AvgIpc) is 3.50. The van der Waals surface area contributed by atoms with Gasteiger partial charge in [-0.05, 0) is 143 Å². The van der Waals surface area contributed by atoms with E-state index in [0.29, 0.717) is 24.3 Å². The summed E-state index contributed by atoms with van der Waals surface area (Å²) in [5.74, 6) is 1.78. The van der Waals surface area contributed by atoms with Crippen molar-refractivity contribution >= 4 is 31.9 Å². The largest absolute Gasteiger partial charge is 0.494 e. The molecule has 57 heavy (non-hydrogen) atoms. The lowest BCUT2D eigenvalue weighted by atomic mass is 9.70. The van der Waals surface area contributed by atoms with Crippen molar-refractivity contribution < 1.29 is 9.47 Å². The van der Waals surface area contributed by atoms with Crippen LogP contribution >= 0.6 is 31.9 Å². The Morgan fingerprint density at radius 2 is 0.772 bits per heavy atom. The van der Waals surface area contributed by atoms with Gasteiger partial charge < -0.3 is 9.47 Å². The minimum absolute atomic E-state index is 0.0153. The van der Waals surface area contributed by atoms with E-state index in [1.54, 1.807) is 0 Å². The van der Waals surface area contributed by atoms with Crippen molar-refractivity contribution in [1.29, 1.82) is 10.5 Å². The van der Waals surface area contributed by atoms with Gasteiger partial charge in [0.1, 0.15) is 11.5 Å². The second-order valence-corrected chi connectivity index (χ2v) is 16.7. The molecule has 0 radical (unpaired) electrons. The van der Waals surface area contributed by atoms with Crippen LogP contribution in [0, 0.1) is 22.7 Å². The molecule has 0 N–H and O–H groups in total. The Morgan fingerprint density at radius 1 is 0.421 bits per heavy atom. The van der Waals surface area contributed by atoms with Crippen molar-refractivity contribution in [1.82, 2.24) is 0 Å². The van der Waals surface area contributed by atoms with Gasteiger partial charge >= 0.3 is 0 Å². The Bertz CT molecular complexity index is 2170. The maximum atomic E-state index is 9.08. The van der Waals surface area contributed by atoms with E-state index < -0.39 is 0 Å². The molecule has 0 aromatic heterocycles. The van der Waals surface area contributed by atoms with E-state index in [-0.39, 0.29) is 5.41 Å². The fourth-order valence-electron chi connectivity index (χ4n) is 8.21. The maximum absolute atomic E-state index is 9.08. The lowest BCUT2D eigenvalue weighted by Gasteiger charge is -2.33. The summed E-state index contributed by atoms with van der Waals surface area (Å²) in [7, 11) is 0. The number of benzene rings is 6. The Morgan fingerprint density at radius 3 is 1.14 bits per heavy atom. The number of rotatable bonds is 18. The highest BCUT2D eigenvalue weighted by Crippen LogP contribution is 2.55. The summed E-state index contributed by atoms with van der Waals surface area (Å²) in [5, 5.41) is 18.2. The molecular formula is C51H46Br2N2O2. The molecule has 0 bridgehead atoms. The van der Waals surface area contributed by atoms with Gasteiger partial charge in [-0.3, -0.25) is 0 Å². The minimum atomic E-state index is -0.0153. The van der Waals surface area contributed by atoms with Crippen molar-refractivity contribution in [2.45, 2.75) is 69.6 Å². The molecule has 6 aromatic rings. The first-order valence-electron chi connectivity index (χ1n) is 20.0. The van der Waals surface area contributed by atoms with E-state index in [1.165, 1.54) is 35.1 Å². The molecule has 0 atom stereocenters. The van der Waals surface area contributed by atoms with Crippen LogP contribution in [0.4, 0.5) is 0 Å². The molecule has 7 rings (SSSR count). The molecule has 0 fully saturated rings. The fourth-order valence-corrected chi connectivity index (χ4v) is 8.93. The summed E-state index contributed by atoms with van der Waals surface area (Å²) >= 11 is 7.64. The molecule has 6 aromatic carbocycles. The SMILES string of the molecule is N#Cc1ccc(-c2ccc(OCCCCCCC3(CCCCCCOc4ccc(-c5ccc(C#N)cc5)cc4)c4cc(Br)ccc4-c4ccc(Br)cc43)cc2)cc1. The monoisotopic (exact) mass is 876 g/mol. The first-order valence-corrected chi connectivity index (χ1v) is 21.6. The Labute approximate surface area is 354 Å². The third-order valence-electron chi connectivity index (χ3n) is 11.2. The number of nitriles is 2. The molecule has 1 aliphatic rings. The smallest absolute Gasteiger partial charge is 0.119 e. The summed E-state index contributed by atoms with van der Waals surface area (Å²) in [4.78, 5) is 0. The van der Waals surface area contributed by atoms with Crippen LogP contribution in [0.15, 0.2) is 142 Å². The second-order valence-electron chi connectivity index (χ2n) is 14.9. The van der Waals surface area contributed by atoms with Gasteiger partial charge in [0.15, 0.2) is 0 Å². The highest BCUT2D eigenvalue weighted by molar-refractivity contribution is 9.10. The normalized spacial score (nSPS) is 12.3. The van der Waals surface area contributed by atoms with Gasteiger partial charge in [-0.1, -0.05) is 131 Å². The number of hydrogen-bond donors (Lipinski definition) is 0. The molecule has 286 valence electrons. The van der Waals surface area contributed by atoms with Gasteiger partial charge in [0.05, 0.1) is 36.5 Å². The van der Waals surface area contributed by atoms with Crippen LogP contribution in [-0.4, -0.2) is 13.2 Å². The predicted octanol–water partition coefficient (Wildman–Crippen LogP) is 14.6. The van der Waals surface area contributed by atoms with Crippen LogP contribution in [-0.2, 0) is 5.41 Å². The zero-order chi connectivity index (χ0) is 39.5. The van der Waals surface area contributed by atoms with Gasteiger partial charge in [0.25, 0.3) is 0 Å². The average molecular weight is 879 g/mol. The van der Waals surface area contributed by atoms with E-state index in [0.717, 1.165) is 94.1 Å². The first kappa shape index (κ1) is 40.1. The van der Waals surface area contributed by atoms with Gasteiger partial charge in [0, 0.05) is 14.4 Å². The lowest BCUT2D eigenvalue weighted by molar-refractivity contribution is 0.300. The first-order chi connectivity index (χ1) is 28.0. The number of nitrogens with zero attached hydrogens (tertiary/aromatic N) is 2. The van der Waals surface area contributed by atoms with Gasteiger partial charge in [-0.2, -0.15) is 10.5 Å². The zero-order valence-electron chi connectivity index (χ0n) is 32.2. The Balaban J connectivity index is 0.900. The summed E-state index contributed by atoms with van der Waals surface area (Å²) in [6.45, 7) is 1.42. The van der Waals surface area contributed by atoms with E-state index >= 15 is 0 Å². The van der Waals surface area contributed by atoms with E-state index in [9.17, 15) is 0 Å². The Kier molecular flexibility index (Phi) is 13.6. The van der Waals surface area contributed by atoms with Crippen molar-refractivity contribution in [2.75, 3.05) is 13.2 Å². The van der Waals surface area contributed by atoms with Crippen LogP contribution < -0.4 is 9.47 Å². The van der Waals surface area contributed by atoms with Gasteiger partial charge in [-0.15, -0.1) is 0 Å². The quantitative estimate of drug-likeness (QED) is 0.0807. The predicted molar refractivity (Wildman–Crippen MR) is 238 cm³/mol. The molecular weight excluding hydrogens is 832 g/mol. The van der Waals surface area contributed by atoms with Crippen LogP contribution in [0.25, 0.3) is 33.4 Å². The number of ether oxygens (including phenoxy) is 2. The highest BCUT2D eigenvalue weighted by atomic mass is 79.9. The van der Waals surface area contributed by atoms with Crippen LogP contribution in [0.1, 0.15) is 86.5 Å². The van der Waals surface area contributed by atoms with Crippen molar-refractivity contribution in [3.8, 4) is 57.0 Å². The molecule has 0 spiro atoms. The summed E-state index contributed by atoms with van der Waals surface area (Å²) in [6, 6.07) is 49.9. The molecule has 1 aliphatic carbocycles. The summed E-state index contributed by atoms with van der Waals surface area (Å²) in [5.41, 5.74) is 11.4. The van der Waals surface area contributed by atoms with Crippen LogP contribution in [0.5, 0.6) is 11.5 Å². The standard InChI is InChI=1S/C51H46Br2N2O2/c52-43-21-27-47-48-28-22-44(53)34-50(48)51(49(47)33-43,29-5-1-3-7-31-56-45-23-17-41(18-24-45)39-13-9-37(35-54)10-14-39)30-6-2-4-8-32-57-46-25-19-42(20-26-46)40-15-11-38(36-55)12-16-40/h9-28,33-34H,1-8,29-32H2. The minimum Gasteiger partial charge on any atom is -0.494 e. The Hall–Kier alpha value is -5.14. The van der Waals surface area contributed by atoms with Crippen LogP contribution in [0.3, 0.4) is 0 Å². The van der Waals surface area contributed by atoms with Crippen molar-refractivity contribution in [3.63, 3.8) is 0 Å². The third-order valence-corrected chi connectivity index (χ3v) is 12.2.